The number of carboxylic acid groups (broad SMARTS) is 1. The summed E-state index contributed by atoms with van der Waals surface area (Å²) in [6, 6.07) is 11.7. The molecule has 0 radical (unpaired) electrons. The summed E-state index contributed by atoms with van der Waals surface area (Å²) < 4.78 is 13.2. The van der Waals surface area contributed by atoms with Crippen molar-refractivity contribution < 1.29 is 14.3 Å². The van der Waals surface area contributed by atoms with Crippen molar-refractivity contribution in [3.63, 3.8) is 0 Å². The van der Waals surface area contributed by atoms with Crippen molar-refractivity contribution in [3.8, 4) is 0 Å². The Hall–Kier alpha value is -2.01. The maximum atomic E-state index is 13.2. The molecule has 0 aromatic heterocycles. The fourth-order valence-electron chi connectivity index (χ4n) is 1.84. The number of hydrogen-bond donors (Lipinski definition) is 2. The molecule has 2 aromatic rings. The molecule has 110 valence electrons. The Labute approximate surface area is 127 Å². The van der Waals surface area contributed by atoms with Gasteiger partial charge >= 0.3 is 5.97 Å². The first-order chi connectivity index (χ1) is 9.97. The molecule has 0 spiro atoms. The largest absolute Gasteiger partial charge is 0.481 e. The summed E-state index contributed by atoms with van der Waals surface area (Å²) >= 11 is 1.45. The van der Waals surface area contributed by atoms with E-state index in [2.05, 4.69) is 0 Å². The van der Waals surface area contributed by atoms with Gasteiger partial charge in [-0.3, -0.25) is 4.79 Å². The second-order valence-electron chi connectivity index (χ2n) is 4.77. The van der Waals surface area contributed by atoms with Gasteiger partial charge in [0, 0.05) is 16.3 Å². The highest BCUT2D eigenvalue weighted by molar-refractivity contribution is 7.98. The van der Waals surface area contributed by atoms with Crippen LogP contribution in [0.3, 0.4) is 0 Å². The highest BCUT2D eigenvalue weighted by Gasteiger charge is 2.13. The molecule has 0 bridgehead atoms. The first kappa shape index (κ1) is 15.4. The van der Waals surface area contributed by atoms with E-state index in [1.54, 1.807) is 13.0 Å². The van der Waals surface area contributed by atoms with Crippen LogP contribution in [-0.2, 0) is 10.5 Å². The minimum Gasteiger partial charge on any atom is -0.481 e. The molecule has 0 amide bonds. The van der Waals surface area contributed by atoms with Crippen LogP contribution in [0.4, 0.5) is 10.1 Å². The molecular formula is C16H16FNO2S. The molecule has 0 saturated heterocycles. The zero-order valence-corrected chi connectivity index (χ0v) is 12.4. The van der Waals surface area contributed by atoms with E-state index in [1.165, 1.54) is 23.9 Å². The average molecular weight is 305 g/mol. The van der Waals surface area contributed by atoms with Gasteiger partial charge in [-0.25, -0.2) is 4.39 Å². The van der Waals surface area contributed by atoms with E-state index >= 15 is 0 Å². The number of thioether (sulfide) groups is 1. The van der Waals surface area contributed by atoms with Crippen LogP contribution in [0.2, 0.25) is 0 Å². The smallest absolute Gasteiger partial charge is 0.310 e. The van der Waals surface area contributed by atoms with E-state index in [9.17, 15) is 9.18 Å². The molecule has 1 unspecified atom stereocenters. The van der Waals surface area contributed by atoms with E-state index in [0.717, 1.165) is 11.1 Å². The SMILES string of the molecule is CC(C(=O)O)c1ccc(CSc2cc(F)ccc2N)cc1. The van der Waals surface area contributed by atoms with Crippen LogP contribution in [0.1, 0.15) is 24.0 Å². The van der Waals surface area contributed by atoms with Crippen LogP contribution in [-0.4, -0.2) is 11.1 Å². The molecule has 0 aliphatic carbocycles. The summed E-state index contributed by atoms with van der Waals surface area (Å²) in [5.41, 5.74) is 8.15. The maximum absolute atomic E-state index is 13.2. The molecule has 1 atom stereocenters. The zero-order valence-electron chi connectivity index (χ0n) is 11.5. The lowest BCUT2D eigenvalue weighted by atomic mass is 10.0. The van der Waals surface area contributed by atoms with Gasteiger partial charge in [-0.05, 0) is 36.2 Å². The van der Waals surface area contributed by atoms with Crippen LogP contribution < -0.4 is 5.73 Å². The molecule has 0 aliphatic rings. The van der Waals surface area contributed by atoms with Crippen LogP contribution in [0.15, 0.2) is 47.4 Å². The first-order valence-corrected chi connectivity index (χ1v) is 7.45. The van der Waals surface area contributed by atoms with Gasteiger partial charge in [0.2, 0.25) is 0 Å². The Balaban J connectivity index is 2.04. The predicted octanol–water partition coefficient (Wildman–Crippen LogP) is 3.89. The maximum Gasteiger partial charge on any atom is 0.310 e. The summed E-state index contributed by atoms with van der Waals surface area (Å²) in [4.78, 5) is 11.6. The van der Waals surface area contributed by atoms with E-state index < -0.39 is 11.9 Å². The molecule has 2 aromatic carbocycles. The van der Waals surface area contributed by atoms with Crippen molar-refractivity contribution in [3.05, 3.63) is 59.4 Å². The fourth-order valence-corrected chi connectivity index (χ4v) is 2.78. The Kier molecular flexibility index (Phi) is 4.85. The van der Waals surface area contributed by atoms with Crippen molar-refractivity contribution in [1.29, 1.82) is 0 Å². The summed E-state index contributed by atoms with van der Waals surface area (Å²) in [5, 5.41) is 8.96. The molecule has 2 rings (SSSR count). The van der Waals surface area contributed by atoms with Gasteiger partial charge in [0.05, 0.1) is 5.92 Å². The molecule has 3 nitrogen and oxygen atoms in total. The lowest BCUT2D eigenvalue weighted by Crippen LogP contribution is -2.07. The third kappa shape index (κ3) is 3.98. The monoisotopic (exact) mass is 305 g/mol. The minimum absolute atomic E-state index is 0.308. The molecule has 3 N–H and O–H groups in total. The Morgan fingerprint density at radius 3 is 2.57 bits per heavy atom. The number of halogens is 1. The van der Waals surface area contributed by atoms with Gasteiger partial charge in [-0.1, -0.05) is 24.3 Å². The van der Waals surface area contributed by atoms with E-state index in [-0.39, 0.29) is 5.82 Å². The summed E-state index contributed by atoms with van der Waals surface area (Å²) in [6.07, 6.45) is 0. The topological polar surface area (TPSA) is 63.3 Å². The quantitative estimate of drug-likeness (QED) is 0.650. The van der Waals surface area contributed by atoms with Crippen LogP contribution >= 0.6 is 11.8 Å². The molecular weight excluding hydrogens is 289 g/mol. The van der Waals surface area contributed by atoms with E-state index in [0.29, 0.717) is 16.3 Å². The molecule has 0 aliphatic heterocycles. The lowest BCUT2D eigenvalue weighted by molar-refractivity contribution is -0.138. The summed E-state index contributed by atoms with van der Waals surface area (Å²) in [5.74, 6) is -1.03. The van der Waals surface area contributed by atoms with Crippen LogP contribution in [0, 0.1) is 5.82 Å². The predicted molar refractivity (Wildman–Crippen MR) is 82.9 cm³/mol. The Morgan fingerprint density at radius 2 is 1.95 bits per heavy atom. The number of anilines is 1. The van der Waals surface area contributed by atoms with Gasteiger partial charge in [0.25, 0.3) is 0 Å². The number of nitrogen functional groups attached to an aromatic ring is 1. The summed E-state index contributed by atoms with van der Waals surface area (Å²) in [6.45, 7) is 1.65. The Morgan fingerprint density at radius 1 is 1.29 bits per heavy atom. The molecule has 0 heterocycles. The third-order valence-corrected chi connectivity index (χ3v) is 4.36. The minimum atomic E-state index is -0.843. The molecule has 21 heavy (non-hydrogen) atoms. The van der Waals surface area contributed by atoms with Gasteiger partial charge in [-0.15, -0.1) is 11.8 Å². The summed E-state index contributed by atoms with van der Waals surface area (Å²) in [7, 11) is 0. The van der Waals surface area contributed by atoms with Crippen molar-refractivity contribution >= 4 is 23.4 Å². The second-order valence-corrected chi connectivity index (χ2v) is 5.79. The van der Waals surface area contributed by atoms with Gasteiger partial charge in [0.1, 0.15) is 5.82 Å². The van der Waals surface area contributed by atoms with Crippen molar-refractivity contribution in [2.75, 3.05) is 5.73 Å². The number of carbonyl (C=O) groups is 1. The highest BCUT2D eigenvalue weighted by atomic mass is 32.2. The number of carboxylic acids is 1. The van der Waals surface area contributed by atoms with Crippen molar-refractivity contribution in [2.24, 2.45) is 0 Å². The van der Waals surface area contributed by atoms with Crippen LogP contribution in [0.5, 0.6) is 0 Å². The Bertz CT molecular complexity index is 643. The average Bonchev–Trinajstić information content (AvgIpc) is 2.48. The number of nitrogens with two attached hydrogens (primary N) is 1. The van der Waals surface area contributed by atoms with Gasteiger partial charge < -0.3 is 10.8 Å². The zero-order chi connectivity index (χ0) is 15.4. The number of hydrogen-bond acceptors (Lipinski definition) is 3. The third-order valence-electron chi connectivity index (χ3n) is 3.22. The first-order valence-electron chi connectivity index (χ1n) is 6.47. The second kappa shape index (κ2) is 6.63. The van der Waals surface area contributed by atoms with Crippen LogP contribution in [0.25, 0.3) is 0 Å². The molecule has 5 heteroatoms. The molecule has 0 fully saturated rings. The van der Waals surface area contributed by atoms with Crippen molar-refractivity contribution in [2.45, 2.75) is 23.5 Å². The van der Waals surface area contributed by atoms with E-state index in [4.69, 9.17) is 10.8 Å². The lowest BCUT2D eigenvalue weighted by Gasteiger charge is -2.09. The van der Waals surface area contributed by atoms with Crippen molar-refractivity contribution in [1.82, 2.24) is 0 Å². The van der Waals surface area contributed by atoms with Gasteiger partial charge in [0.15, 0.2) is 0 Å². The standard InChI is InChI=1S/C16H16FNO2S/c1-10(16(19)20)12-4-2-11(3-5-12)9-21-15-8-13(17)6-7-14(15)18/h2-8,10H,9,18H2,1H3,(H,19,20). The normalized spacial score (nSPS) is 12.1. The fraction of sp³-hybridized carbons (Fsp3) is 0.188. The number of aliphatic carboxylic acids is 1. The van der Waals surface area contributed by atoms with E-state index in [1.807, 2.05) is 24.3 Å². The highest BCUT2D eigenvalue weighted by Crippen LogP contribution is 2.29. The number of benzene rings is 2. The van der Waals surface area contributed by atoms with Gasteiger partial charge in [-0.2, -0.15) is 0 Å². The number of rotatable bonds is 5. The molecule has 0 saturated carbocycles.